The lowest BCUT2D eigenvalue weighted by atomic mass is 9.46. The van der Waals surface area contributed by atoms with Crippen LogP contribution in [0, 0.1) is 22.7 Å². The van der Waals surface area contributed by atoms with Crippen molar-refractivity contribution in [1.29, 1.82) is 0 Å². The van der Waals surface area contributed by atoms with Gasteiger partial charge in [0.2, 0.25) is 0 Å². The zero-order chi connectivity index (χ0) is 21.6. The number of Topliss-reactive ketones (excluding diaryl/α,β-unsaturated/α-hetero) is 2. The monoisotopic (exact) mass is 404 g/mol. The molecule has 154 valence electrons. The summed E-state index contributed by atoms with van der Waals surface area (Å²) in [6, 6.07) is 0. The Morgan fingerprint density at radius 2 is 2.00 bits per heavy atom. The maximum Gasteiger partial charge on any atom is 0.194 e. The van der Waals surface area contributed by atoms with Gasteiger partial charge in [0.05, 0.1) is 5.41 Å². The van der Waals surface area contributed by atoms with E-state index in [0.29, 0.717) is 0 Å². The molecule has 0 saturated heterocycles. The normalized spacial score (nSPS) is 45.9. The first-order valence-electron chi connectivity index (χ1n) is 9.48. The van der Waals surface area contributed by atoms with Gasteiger partial charge in [-0.1, -0.05) is 19.6 Å². The number of rotatable bonds is 2. The van der Waals surface area contributed by atoms with Crippen LogP contribution in [0.3, 0.4) is 0 Å². The molecule has 2 N–H and O–H groups in total. The molecule has 0 spiro atoms. The zero-order valence-electron chi connectivity index (χ0n) is 16.2. The van der Waals surface area contributed by atoms with E-state index in [1.165, 1.54) is 19.9 Å². The van der Waals surface area contributed by atoms with Gasteiger partial charge < -0.3 is 10.2 Å². The molecule has 4 aliphatic carbocycles. The summed E-state index contributed by atoms with van der Waals surface area (Å²) < 4.78 is 31.7. The van der Waals surface area contributed by atoms with Gasteiger partial charge in [0.15, 0.2) is 28.6 Å². The lowest BCUT2D eigenvalue weighted by Crippen LogP contribution is -2.67. The third-order valence-electron chi connectivity index (χ3n) is 7.76. The van der Waals surface area contributed by atoms with E-state index in [0.717, 1.165) is 18.2 Å². The molecule has 0 amide bonds. The number of hydrogen-bond donors (Lipinski definition) is 2. The Bertz CT molecular complexity index is 978. The Morgan fingerprint density at radius 1 is 1.34 bits per heavy atom. The van der Waals surface area contributed by atoms with Crippen LogP contribution in [0.1, 0.15) is 26.7 Å². The van der Waals surface area contributed by atoms with Gasteiger partial charge in [-0.25, -0.2) is 8.78 Å². The zero-order valence-corrected chi connectivity index (χ0v) is 16.2. The lowest BCUT2D eigenvalue weighted by Gasteiger charge is -2.57. The number of allylic oxidation sites excluding steroid dienone is 6. The van der Waals surface area contributed by atoms with Crippen molar-refractivity contribution in [2.24, 2.45) is 22.7 Å². The lowest BCUT2D eigenvalue weighted by molar-refractivity contribution is -0.174. The number of carbonyl (C=O) groups is 3. The molecule has 6 atom stereocenters. The summed E-state index contributed by atoms with van der Waals surface area (Å²) in [6.07, 6.45) is 3.89. The second-order valence-corrected chi connectivity index (χ2v) is 8.97. The third-order valence-corrected chi connectivity index (χ3v) is 7.76. The van der Waals surface area contributed by atoms with Crippen LogP contribution >= 0.6 is 0 Å². The molecular formula is C22H22F2O5. The molecule has 2 fully saturated rings. The highest BCUT2D eigenvalue weighted by atomic mass is 19.1. The number of ketones is 3. The molecule has 2 saturated carbocycles. The van der Waals surface area contributed by atoms with E-state index >= 15 is 8.78 Å². The van der Waals surface area contributed by atoms with E-state index in [-0.39, 0.29) is 17.6 Å². The van der Waals surface area contributed by atoms with Gasteiger partial charge in [-0.3, -0.25) is 14.4 Å². The second kappa shape index (κ2) is 5.67. The Morgan fingerprint density at radius 3 is 2.62 bits per heavy atom. The van der Waals surface area contributed by atoms with Crippen molar-refractivity contribution in [2.75, 3.05) is 6.61 Å². The first-order valence-corrected chi connectivity index (χ1v) is 9.48. The number of fused-ring (bicyclic) bond motifs is 5. The van der Waals surface area contributed by atoms with Crippen LogP contribution in [0.5, 0.6) is 0 Å². The first kappa shape index (κ1) is 20.0. The molecule has 0 aromatic heterocycles. The molecule has 0 bridgehead atoms. The quantitative estimate of drug-likeness (QED) is 0.688. The molecule has 0 aliphatic heterocycles. The molecule has 0 radical (unpaired) electrons. The Kier molecular flexibility index (Phi) is 3.92. The minimum atomic E-state index is -2.55. The fraction of sp³-hybridized carbons (Fsp3) is 0.500. The van der Waals surface area contributed by atoms with Crippen LogP contribution in [0.25, 0.3) is 0 Å². The van der Waals surface area contributed by atoms with Crippen molar-refractivity contribution in [3.63, 3.8) is 0 Å². The SMILES string of the molecule is C=C1C[C@H]2[C@@H]3C=C(F)C4=CC(=O)C=C[C@]4(C)[C@@]3(F)C(=O)C[C@]2(C)[C@@]1(O)C(=O)CO. The van der Waals surface area contributed by atoms with Gasteiger partial charge in [-0.15, -0.1) is 0 Å². The molecule has 0 aromatic rings. The minimum absolute atomic E-state index is 0.00388. The highest BCUT2D eigenvalue weighted by Gasteiger charge is 2.75. The van der Waals surface area contributed by atoms with E-state index in [2.05, 4.69) is 6.58 Å². The number of halogens is 2. The van der Waals surface area contributed by atoms with Crippen molar-refractivity contribution in [2.45, 2.75) is 38.0 Å². The Labute approximate surface area is 166 Å². The van der Waals surface area contributed by atoms with Crippen LogP contribution in [0.15, 0.2) is 47.9 Å². The Hall–Kier alpha value is -2.25. The molecule has 0 unspecified atom stereocenters. The molecule has 4 rings (SSSR count). The highest BCUT2D eigenvalue weighted by Crippen LogP contribution is 2.68. The maximum absolute atomic E-state index is 16.7. The summed E-state index contributed by atoms with van der Waals surface area (Å²) >= 11 is 0. The number of aliphatic hydroxyl groups excluding tert-OH is 1. The number of hydrogen-bond acceptors (Lipinski definition) is 5. The van der Waals surface area contributed by atoms with Crippen molar-refractivity contribution in [3.8, 4) is 0 Å². The van der Waals surface area contributed by atoms with Crippen molar-refractivity contribution in [3.05, 3.63) is 47.9 Å². The summed E-state index contributed by atoms with van der Waals surface area (Å²) in [5.41, 5.74) is -7.99. The maximum atomic E-state index is 16.7. The van der Waals surface area contributed by atoms with E-state index in [1.807, 2.05) is 0 Å². The van der Waals surface area contributed by atoms with Crippen LogP contribution in [0.4, 0.5) is 8.78 Å². The van der Waals surface area contributed by atoms with Gasteiger partial charge in [-0.05, 0) is 43.1 Å². The molecule has 7 heteroatoms. The van der Waals surface area contributed by atoms with Gasteiger partial charge in [-0.2, -0.15) is 0 Å². The minimum Gasteiger partial charge on any atom is -0.388 e. The summed E-state index contributed by atoms with van der Waals surface area (Å²) in [7, 11) is 0. The van der Waals surface area contributed by atoms with Crippen molar-refractivity contribution in [1.82, 2.24) is 0 Å². The van der Waals surface area contributed by atoms with Gasteiger partial charge in [0.25, 0.3) is 0 Å². The smallest absolute Gasteiger partial charge is 0.194 e. The molecule has 29 heavy (non-hydrogen) atoms. The fourth-order valence-corrected chi connectivity index (χ4v) is 6.08. The molecule has 0 aromatic carbocycles. The van der Waals surface area contributed by atoms with E-state index < -0.39 is 70.1 Å². The molecule has 4 aliphatic rings. The number of aliphatic hydroxyl groups is 2. The summed E-state index contributed by atoms with van der Waals surface area (Å²) in [6.45, 7) is 5.67. The standard InChI is InChI=1S/C22H22F2O5/c1-11-6-13-14-8-16(23)15-7-12(26)4-5-19(15,2)21(14,24)17(27)9-20(13,3)22(11,29)18(28)10-25/h4-5,7-8,13-14,25,29H,1,6,9-10H2,2-3H3/t13-,14-,19-,20-,21-,22-/m0/s1. The first-order chi connectivity index (χ1) is 13.4. The van der Waals surface area contributed by atoms with E-state index in [1.54, 1.807) is 0 Å². The second-order valence-electron chi connectivity index (χ2n) is 8.97. The number of carbonyl (C=O) groups excluding carboxylic acids is 3. The van der Waals surface area contributed by atoms with Crippen LogP contribution in [-0.4, -0.2) is 45.4 Å². The van der Waals surface area contributed by atoms with E-state index in [9.17, 15) is 24.6 Å². The molecule has 0 heterocycles. The van der Waals surface area contributed by atoms with E-state index in [4.69, 9.17) is 0 Å². The topological polar surface area (TPSA) is 91.7 Å². The third kappa shape index (κ3) is 2.02. The largest absolute Gasteiger partial charge is 0.388 e. The number of alkyl halides is 1. The predicted octanol–water partition coefficient (Wildman–Crippen LogP) is 2.10. The van der Waals surface area contributed by atoms with Crippen LogP contribution in [-0.2, 0) is 14.4 Å². The van der Waals surface area contributed by atoms with Gasteiger partial charge in [0, 0.05) is 23.3 Å². The Balaban J connectivity index is 1.95. The fourth-order valence-electron chi connectivity index (χ4n) is 6.08. The average molecular weight is 404 g/mol. The van der Waals surface area contributed by atoms with Gasteiger partial charge >= 0.3 is 0 Å². The van der Waals surface area contributed by atoms with Gasteiger partial charge in [0.1, 0.15) is 12.4 Å². The predicted molar refractivity (Wildman–Crippen MR) is 98.9 cm³/mol. The summed E-state index contributed by atoms with van der Waals surface area (Å²) in [5.74, 6) is -5.15. The summed E-state index contributed by atoms with van der Waals surface area (Å²) in [5, 5.41) is 20.6. The van der Waals surface area contributed by atoms with Crippen molar-refractivity contribution < 1.29 is 33.4 Å². The van der Waals surface area contributed by atoms with Crippen LogP contribution < -0.4 is 0 Å². The van der Waals surface area contributed by atoms with Crippen molar-refractivity contribution >= 4 is 17.3 Å². The average Bonchev–Trinajstić information content (AvgIpc) is 2.86. The highest BCUT2D eigenvalue weighted by molar-refractivity contribution is 6.04. The molecular weight excluding hydrogens is 382 g/mol. The van der Waals surface area contributed by atoms with Crippen LogP contribution in [0.2, 0.25) is 0 Å². The summed E-state index contributed by atoms with van der Waals surface area (Å²) in [4.78, 5) is 37.4. The molecule has 5 nitrogen and oxygen atoms in total.